The zero-order valence-electron chi connectivity index (χ0n) is 17.5. The first-order valence-electron chi connectivity index (χ1n) is 11.5. The molecular formula is C25H31N3O2. The van der Waals surface area contributed by atoms with Gasteiger partial charge in [0.25, 0.3) is 5.91 Å². The van der Waals surface area contributed by atoms with Crippen molar-refractivity contribution in [3.63, 3.8) is 0 Å². The van der Waals surface area contributed by atoms with Crippen molar-refractivity contribution >= 4 is 11.7 Å². The summed E-state index contributed by atoms with van der Waals surface area (Å²) >= 11 is 0. The molecule has 2 heterocycles. The molecule has 5 nitrogen and oxygen atoms in total. The van der Waals surface area contributed by atoms with Gasteiger partial charge in [-0.05, 0) is 73.6 Å². The van der Waals surface area contributed by atoms with E-state index in [1.165, 1.54) is 38.5 Å². The van der Waals surface area contributed by atoms with Crippen LogP contribution in [0.1, 0.15) is 61.7 Å². The summed E-state index contributed by atoms with van der Waals surface area (Å²) in [6.07, 6.45) is 12.1. The molecule has 5 rings (SSSR count). The number of aromatic nitrogens is 1. The van der Waals surface area contributed by atoms with E-state index in [-0.39, 0.29) is 17.5 Å². The summed E-state index contributed by atoms with van der Waals surface area (Å²) in [5.41, 5.74) is 8.02. The SMILES string of the molecule is Nc1ncc(-c2ccc(C(=O)N3CCC[C@@H]3CC3C4CCCCCC43)cc2)cc1O. The fraction of sp³-hybridized carbons (Fsp3) is 0.520. The van der Waals surface area contributed by atoms with Gasteiger partial charge < -0.3 is 15.7 Å². The number of carbonyl (C=O) groups is 1. The standard InChI is InChI=1S/C25H31N3O2/c26-24-23(29)13-18(15-27-24)16-8-10-17(11-9-16)25(30)28-12-4-5-19(28)14-22-20-6-2-1-3-7-21(20)22/h8-11,13,15,19-22,29H,1-7,12,14H2,(H2,26,27)/t19-,20?,21?,22?/m1/s1. The molecule has 0 bridgehead atoms. The molecule has 1 saturated heterocycles. The summed E-state index contributed by atoms with van der Waals surface area (Å²) in [5, 5.41) is 9.80. The van der Waals surface area contributed by atoms with Gasteiger partial charge in [-0.15, -0.1) is 0 Å². The Bertz CT molecular complexity index is 914. The van der Waals surface area contributed by atoms with Gasteiger partial charge in [0.2, 0.25) is 0 Å². The van der Waals surface area contributed by atoms with Crippen LogP contribution in [0.5, 0.6) is 5.75 Å². The van der Waals surface area contributed by atoms with Crippen LogP contribution in [0.4, 0.5) is 5.82 Å². The highest BCUT2D eigenvalue weighted by molar-refractivity contribution is 5.95. The normalized spacial score (nSPS) is 28.1. The number of hydrogen-bond donors (Lipinski definition) is 2. The molecule has 1 amide bonds. The van der Waals surface area contributed by atoms with Crippen molar-refractivity contribution in [1.29, 1.82) is 0 Å². The number of pyridine rings is 1. The second-order valence-electron chi connectivity index (χ2n) is 9.37. The van der Waals surface area contributed by atoms with Crippen LogP contribution in [0.15, 0.2) is 36.5 Å². The third-order valence-electron chi connectivity index (χ3n) is 7.63. The lowest BCUT2D eigenvalue weighted by molar-refractivity contribution is 0.0724. The van der Waals surface area contributed by atoms with E-state index in [1.54, 1.807) is 12.3 Å². The minimum absolute atomic E-state index is 0.0242. The molecule has 0 spiro atoms. The number of fused-ring (bicyclic) bond motifs is 1. The summed E-state index contributed by atoms with van der Waals surface area (Å²) in [6.45, 7) is 0.878. The maximum Gasteiger partial charge on any atom is 0.254 e. The quantitative estimate of drug-likeness (QED) is 0.761. The number of carbonyl (C=O) groups excluding carboxylic acids is 1. The first-order chi connectivity index (χ1) is 14.6. The highest BCUT2D eigenvalue weighted by Gasteiger charge is 2.50. The number of nitrogens with zero attached hydrogens (tertiary/aromatic N) is 2. The Morgan fingerprint density at radius 3 is 2.47 bits per heavy atom. The number of aromatic hydroxyl groups is 1. The monoisotopic (exact) mass is 405 g/mol. The summed E-state index contributed by atoms with van der Waals surface area (Å²) < 4.78 is 0. The summed E-state index contributed by atoms with van der Waals surface area (Å²) in [4.78, 5) is 19.4. The van der Waals surface area contributed by atoms with Gasteiger partial charge in [0.05, 0.1) is 0 Å². The summed E-state index contributed by atoms with van der Waals surface area (Å²) in [6, 6.07) is 9.64. The van der Waals surface area contributed by atoms with Crippen molar-refractivity contribution in [2.45, 2.75) is 57.4 Å². The lowest BCUT2D eigenvalue weighted by Gasteiger charge is -2.25. The molecule has 2 unspecified atom stereocenters. The molecule has 30 heavy (non-hydrogen) atoms. The second-order valence-corrected chi connectivity index (χ2v) is 9.37. The summed E-state index contributed by atoms with van der Waals surface area (Å²) in [7, 11) is 0. The van der Waals surface area contributed by atoms with Gasteiger partial charge in [-0.3, -0.25) is 4.79 Å². The van der Waals surface area contributed by atoms with Crippen molar-refractivity contribution in [1.82, 2.24) is 9.88 Å². The largest absolute Gasteiger partial charge is 0.504 e. The number of anilines is 1. The van der Waals surface area contributed by atoms with Gasteiger partial charge >= 0.3 is 0 Å². The van der Waals surface area contributed by atoms with Crippen LogP contribution < -0.4 is 5.73 Å². The highest BCUT2D eigenvalue weighted by atomic mass is 16.3. The molecule has 3 fully saturated rings. The van der Waals surface area contributed by atoms with Gasteiger partial charge in [0.15, 0.2) is 11.6 Å². The molecule has 0 radical (unpaired) electrons. The van der Waals surface area contributed by atoms with Crippen molar-refractivity contribution in [3.8, 4) is 16.9 Å². The van der Waals surface area contributed by atoms with Crippen LogP contribution in [0.25, 0.3) is 11.1 Å². The van der Waals surface area contributed by atoms with Crippen molar-refractivity contribution < 1.29 is 9.90 Å². The van der Waals surface area contributed by atoms with E-state index in [0.717, 1.165) is 53.8 Å². The predicted octanol–water partition coefficient (Wildman–Crippen LogP) is 4.86. The smallest absolute Gasteiger partial charge is 0.254 e. The zero-order valence-corrected chi connectivity index (χ0v) is 17.5. The topological polar surface area (TPSA) is 79.5 Å². The lowest BCUT2D eigenvalue weighted by atomic mass is 10.0. The van der Waals surface area contributed by atoms with Crippen LogP contribution in [-0.4, -0.2) is 33.5 Å². The average molecular weight is 406 g/mol. The molecule has 1 aliphatic heterocycles. The predicted molar refractivity (Wildman–Crippen MR) is 118 cm³/mol. The third kappa shape index (κ3) is 3.66. The van der Waals surface area contributed by atoms with E-state index in [2.05, 4.69) is 9.88 Å². The van der Waals surface area contributed by atoms with E-state index in [9.17, 15) is 9.90 Å². The van der Waals surface area contributed by atoms with Crippen LogP contribution in [0.2, 0.25) is 0 Å². The molecule has 1 aromatic carbocycles. The number of nitrogen functional groups attached to an aromatic ring is 1. The number of benzene rings is 1. The molecule has 3 atom stereocenters. The Balaban J connectivity index is 1.26. The van der Waals surface area contributed by atoms with E-state index >= 15 is 0 Å². The minimum atomic E-state index is -0.0242. The zero-order chi connectivity index (χ0) is 20.7. The molecular weight excluding hydrogens is 374 g/mol. The molecule has 2 aliphatic carbocycles. The molecule has 2 aromatic rings. The second kappa shape index (κ2) is 7.93. The maximum atomic E-state index is 13.2. The Labute approximate surface area is 178 Å². The fourth-order valence-corrected chi connectivity index (χ4v) is 5.92. The number of hydrogen-bond acceptors (Lipinski definition) is 4. The lowest BCUT2D eigenvalue weighted by Crippen LogP contribution is -2.36. The van der Waals surface area contributed by atoms with E-state index in [1.807, 2.05) is 24.3 Å². The van der Waals surface area contributed by atoms with Crippen molar-refractivity contribution in [3.05, 3.63) is 42.1 Å². The summed E-state index contributed by atoms with van der Waals surface area (Å²) in [5.74, 6) is 2.99. The third-order valence-corrected chi connectivity index (χ3v) is 7.63. The molecule has 3 N–H and O–H groups in total. The number of rotatable bonds is 4. The van der Waals surface area contributed by atoms with E-state index < -0.39 is 0 Å². The Morgan fingerprint density at radius 1 is 1.03 bits per heavy atom. The van der Waals surface area contributed by atoms with Crippen molar-refractivity contribution in [2.24, 2.45) is 17.8 Å². The number of likely N-dealkylation sites (tertiary alicyclic amines) is 1. The van der Waals surface area contributed by atoms with Crippen LogP contribution in [0, 0.1) is 17.8 Å². The average Bonchev–Trinajstić information content (AvgIpc) is 3.29. The van der Waals surface area contributed by atoms with Crippen molar-refractivity contribution in [2.75, 3.05) is 12.3 Å². The Hall–Kier alpha value is -2.56. The first kappa shape index (κ1) is 19.4. The van der Waals surface area contributed by atoms with Gasteiger partial charge in [0.1, 0.15) is 0 Å². The molecule has 2 saturated carbocycles. The number of amides is 1. The molecule has 1 aromatic heterocycles. The molecule has 5 heteroatoms. The van der Waals surface area contributed by atoms with Gasteiger partial charge in [-0.25, -0.2) is 4.98 Å². The van der Waals surface area contributed by atoms with Crippen LogP contribution in [0.3, 0.4) is 0 Å². The fourth-order valence-electron chi connectivity index (χ4n) is 5.92. The van der Waals surface area contributed by atoms with E-state index in [0.29, 0.717) is 6.04 Å². The van der Waals surface area contributed by atoms with Gasteiger partial charge in [0, 0.05) is 29.9 Å². The highest BCUT2D eigenvalue weighted by Crippen LogP contribution is 2.57. The van der Waals surface area contributed by atoms with Crippen LogP contribution >= 0.6 is 0 Å². The van der Waals surface area contributed by atoms with E-state index in [4.69, 9.17) is 5.73 Å². The number of nitrogens with two attached hydrogens (primary N) is 1. The van der Waals surface area contributed by atoms with Crippen LogP contribution in [-0.2, 0) is 0 Å². The molecule has 3 aliphatic rings. The maximum absolute atomic E-state index is 13.2. The Morgan fingerprint density at radius 2 is 1.77 bits per heavy atom. The first-order valence-corrected chi connectivity index (χ1v) is 11.5. The van der Waals surface area contributed by atoms with Gasteiger partial charge in [-0.1, -0.05) is 31.4 Å². The van der Waals surface area contributed by atoms with Gasteiger partial charge in [-0.2, -0.15) is 0 Å². The minimum Gasteiger partial charge on any atom is -0.504 e. The molecule has 158 valence electrons. The Kier molecular flexibility index (Phi) is 5.13.